The molecule has 0 unspecified atom stereocenters. The fraction of sp³-hybridized carbons (Fsp3) is 0.333. The number of methoxy groups -OCH3 is 1. The summed E-state index contributed by atoms with van der Waals surface area (Å²) >= 11 is 0. The maximum atomic E-state index is 12.3. The fourth-order valence-corrected chi connectivity index (χ4v) is 2.45. The quantitative estimate of drug-likeness (QED) is 0.714. The van der Waals surface area contributed by atoms with E-state index in [1.54, 1.807) is 31.4 Å². The summed E-state index contributed by atoms with van der Waals surface area (Å²) in [5, 5.41) is 0. The third-order valence-corrected chi connectivity index (χ3v) is 4.06. The summed E-state index contributed by atoms with van der Waals surface area (Å²) in [6.07, 6.45) is 0.436. The molecular weight excluding hydrogens is 300 g/mol. The van der Waals surface area contributed by atoms with Crippen molar-refractivity contribution in [3.05, 3.63) is 65.2 Å². The van der Waals surface area contributed by atoms with Crippen molar-refractivity contribution in [2.45, 2.75) is 39.0 Å². The molecule has 2 aromatic carbocycles. The molecule has 3 nitrogen and oxygen atoms in total. The summed E-state index contributed by atoms with van der Waals surface area (Å²) in [5.41, 5.74) is 2.51. The van der Waals surface area contributed by atoms with Crippen LogP contribution in [0.5, 0.6) is 5.75 Å². The molecule has 3 heteroatoms. The van der Waals surface area contributed by atoms with Crippen molar-refractivity contribution in [2.24, 2.45) is 0 Å². The topological polar surface area (TPSA) is 43.4 Å². The van der Waals surface area contributed by atoms with Gasteiger partial charge in [-0.05, 0) is 35.2 Å². The van der Waals surface area contributed by atoms with Crippen LogP contribution in [-0.4, -0.2) is 18.7 Å². The van der Waals surface area contributed by atoms with E-state index in [-0.39, 0.29) is 29.8 Å². The van der Waals surface area contributed by atoms with Crippen LogP contribution in [-0.2, 0) is 5.41 Å². The molecule has 0 aromatic heterocycles. The van der Waals surface area contributed by atoms with Crippen molar-refractivity contribution >= 4 is 11.6 Å². The summed E-state index contributed by atoms with van der Waals surface area (Å²) in [4.78, 5) is 24.4. The van der Waals surface area contributed by atoms with Gasteiger partial charge in [0.1, 0.15) is 5.75 Å². The van der Waals surface area contributed by atoms with E-state index in [2.05, 4.69) is 20.8 Å². The molecule has 0 bridgehead atoms. The molecule has 0 aliphatic heterocycles. The lowest BCUT2D eigenvalue weighted by atomic mass is 9.86. The van der Waals surface area contributed by atoms with E-state index >= 15 is 0 Å². The van der Waals surface area contributed by atoms with Crippen LogP contribution in [0.15, 0.2) is 48.5 Å². The molecular formula is C21H24O3. The Morgan fingerprint density at radius 1 is 0.792 bits per heavy atom. The van der Waals surface area contributed by atoms with E-state index in [9.17, 15) is 9.59 Å². The Bertz CT molecular complexity index is 704. The van der Waals surface area contributed by atoms with E-state index in [0.29, 0.717) is 16.9 Å². The molecule has 0 heterocycles. The van der Waals surface area contributed by atoms with Crippen LogP contribution in [0.3, 0.4) is 0 Å². The van der Waals surface area contributed by atoms with Gasteiger partial charge in [-0.25, -0.2) is 0 Å². The molecule has 0 spiro atoms. The first-order valence-electron chi connectivity index (χ1n) is 8.12. The van der Waals surface area contributed by atoms with Crippen molar-refractivity contribution in [1.29, 1.82) is 0 Å². The van der Waals surface area contributed by atoms with Gasteiger partial charge in [-0.15, -0.1) is 0 Å². The number of carbonyl (C=O) groups excluding carboxylic acids is 2. The molecule has 0 saturated heterocycles. The van der Waals surface area contributed by atoms with Crippen molar-refractivity contribution in [3.8, 4) is 5.75 Å². The Hall–Kier alpha value is -2.42. The fourth-order valence-electron chi connectivity index (χ4n) is 2.45. The highest BCUT2D eigenvalue weighted by atomic mass is 16.5. The predicted octanol–water partition coefficient (Wildman–Crippen LogP) is 4.84. The molecule has 126 valence electrons. The Kier molecular flexibility index (Phi) is 5.55. The molecule has 0 radical (unpaired) electrons. The summed E-state index contributed by atoms with van der Waals surface area (Å²) in [6.45, 7) is 6.41. The number of hydrogen-bond donors (Lipinski definition) is 0. The number of Topliss-reactive ketones (excluding diaryl/α,β-unsaturated/α-hetero) is 2. The van der Waals surface area contributed by atoms with Gasteiger partial charge >= 0.3 is 0 Å². The molecule has 0 saturated carbocycles. The van der Waals surface area contributed by atoms with Gasteiger partial charge in [-0.3, -0.25) is 9.59 Å². The van der Waals surface area contributed by atoms with Gasteiger partial charge in [0.15, 0.2) is 11.6 Å². The smallest absolute Gasteiger partial charge is 0.163 e. The van der Waals surface area contributed by atoms with E-state index in [1.165, 1.54) is 5.56 Å². The second-order valence-electron chi connectivity index (χ2n) is 6.90. The summed E-state index contributed by atoms with van der Waals surface area (Å²) in [5.74, 6) is 0.677. The van der Waals surface area contributed by atoms with Crippen molar-refractivity contribution in [1.82, 2.24) is 0 Å². The molecule has 2 rings (SSSR count). The predicted molar refractivity (Wildman–Crippen MR) is 96.0 cm³/mol. The largest absolute Gasteiger partial charge is 0.497 e. The van der Waals surface area contributed by atoms with E-state index in [0.717, 1.165) is 0 Å². The van der Waals surface area contributed by atoms with E-state index < -0.39 is 0 Å². The van der Waals surface area contributed by atoms with Gasteiger partial charge < -0.3 is 4.74 Å². The van der Waals surface area contributed by atoms with Gasteiger partial charge in [0.25, 0.3) is 0 Å². The van der Waals surface area contributed by atoms with Crippen LogP contribution in [0.2, 0.25) is 0 Å². The number of benzene rings is 2. The first kappa shape index (κ1) is 17.9. The van der Waals surface area contributed by atoms with E-state index in [1.807, 2.05) is 24.3 Å². The number of ether oxygens (including phenoxy) is 1. The van der Waals surface area contributed by atoms with Gasteiger partial charge in [-0.2, -0.15) is 0 Å². The van der Waals surface area contributed by atoms with Crippen LogP contribution < -0.4 is 4.74 Å². The number of hydrogen-bond acceptors (Lipinski definition) is 3. The van der Waals surface area contributed by atoms with Crippen LogP contribution >= 0.6 is 0 Å². The summed E-state index contributed by atoms with van der Waals surface area (Å²) < 4.78 is 5.07. The average molecular weight is 324 g/mol. The maximum Gasteiger partial charge on any atom is 0.163 e. The van der Waals surface area contributed by atoms with Crippen LogP contribution in [0.1, 0.15) is 59.9 Å². The minimum Gasteiger partial charge on any atom is -0.497 e. The Morgan fingerprint density at radius 3 is 1.58 bits per heavy atom. The zero-order valence-electron chi connectivity index (χ0n) is 14.8. The first-order chi connectivity index (χ1) is 11.3. The van der Waals surface area contributed by atoms with Crippen molar-refractivity contribution < 1.29 is 14.3 Å². The van der Waals surface area contributed by atoms with Crippen molar-refractivity contribution in [2.75, 3.05) is 7.11 Å². The monoisotopic (exact) mass is 324 g/mol. The normalized spacial score (nSPS) is 11.2. The van der Waals surface area contributed by atoms with Crippen LogP contribution in [0, 0.1) is 0 Å². The number of carbonyl (C=O) groups is 2. The highest BCUT2D eigenvalue weighted by Gasteiger charge is 2.15. The zero-order valence-corrected chi connectivity index (χ0v) is 14.8. The lowest BCUT2D eigenvalue weighted by molar-refractivity contribution is 0.0917. The van der Waals surface area contributed by atoms with E-state index in [4.69, 9.17) is 4.74 Å². The number of rotatable bonds is 6. The highest BCUT2D eigenvalue weighted by Crippen LogP contribution is 2.22. The number of ketones is 2. The zero-order chi connectivity index (χ0) is 17.7. The van der Waals surface area contributed by atoms with Gasteiger partial charge in [0.05, 0.1) is 7.11 Å². The molecule has 0 atom stereocenters. The molecule has 24 heavy (non-hydrogen) atoms. The first-order valence-corrected chi connectivity index (χ1v) is 8.12. The second kappa shape index (κ2) is 7.43. The highest BCUT2D eigenvalue weighted by molar-refractivity contribution is 6.02. The second-order valence-corrected chi connectivity index (χ2v) is 6.90. The molecule has 0 fully saturated rings. The lowest BCUT2D eigenvalue weighted by Gasteiger charge is -2.18. The van der Waals surface area contributed by atoms with Gasteiger partial charge in [-0.1, -0.05) is 45.0 Å². The lowest BCUT2D eigenvalue weighted by Crippen LogP contribution is -2.11. The van der Waals surface area contributed by atoms with Crippen molar-refractivity contribution in [3.63, 3.8) is 0 Å². The Balaban J connectivity index is 1.95. The van der Waals surface area contributed by atoms with Crippen LogP contribution in [0.4, 0.5) is 0 Å². The minimum absolute atomic E-state index is 0.00248. The summed E-state index contributed by atoms with van der Waals surface area (Å²) in [7, 11) is 1.58. The molecule has 0 aliphatic rings. The summed E-state index contributed by atoms with van der Waals surface area (Å²) in [6, 6.07) is 14.6. The maximum absolute atomic E-state index is 12.3. The third kappa shape index (κ3) is 4.54. The van der Waals surface area contributed by atoms with Crippen LogP contribution in [0.25, 0.3) is 0 Å². The Morgan fingerprint density at radius 2 is 1.21 bits per heavy atom. The average Bonchev–Trinajstić information content (AvgIpc) is 2.58. The molecule has 0 aliphatic carbocycles. The van der Waals surface area contributed by atoms with Gasteiger partial charge in [0, 0.05) is 24.0 Å². The van der Waals surface area contributed by atoms with Gasteiger partial charge in [0.2, 0.25) is 0 Å². The Labute approximate surface area is 143 Å². The molecule has 0 amide bonds. The standard InChI is InChI=1S/C21H24O3/c1-21(2,3)17-9-5-15(6-10-17)19(22)13-14-20(23)16-7-11-18(24-4)12-8-16/h5-12H,13-14H2,1-4H3. The molecule has 0 N–H and O–H groups in total. The minimum atomic E-state index is -0.0303. The third-order valence-electron chi connectivity index (χ3n) is 4.06. The SMILES string of the molecule is COc1ccc(C(=O)CCC(=O)c2ccc(C(C)(C)C)cc2)cc1. The molecule has 2 aromatic rings.